The zero-order chi connectivity index (χ0) is 12.3. The molecule has 0 aliphatic rings. The van der Waals surface area contributed by atoms with Crippen LogP contribution in [0.15, 0.2) is 39.5 Å². The average Bonchev–Trinajstić information content (AvgIpc) is 2.81. The third kappa shape index (κ3) is 3.08. The lowest BCUT2D eigenvalue weighted by Crippen LogP contribution is -2.13. The maximum atomic E-state index is 9.82. The van der Waals surface area contributed by atoms with E-state index >= 15 is 0 Å². The van der Waals surface area contributed by atoms with Crippen LogP contribution >= 0.6 is 15.9 Å². The van der Waals surface area contributed by atoms with Gasteiger partial charge in [-0.05, 0) is 46.6 Å². The van der Waals surface area contributed by atoms with Gasteiger partial charge in [0.05, 0.1) is 6.26 Å². The summed E-state index contributed by atoms with van der Waals surface area (Å²) in [4.78, 5) is 4.23. The molecule has 2 aromatic heterocycles. The molecule has 2 aromatic rings. The molecule has 0 unspecified atom stereocenters. The summed E-state index contributed by atoms with van der Waals surface area (Å²) >= 11 is 3.35. The van der Waals surface area contributed by atoms with Crippen LogP contribution in [0.1, 0.15) is 17.4 Å². The van der Waals surface area contributed by atoms with Crippen molar-refractivity contribution in [3.63, 3.8) is 0 Å². The summed E-state index contributed by atoms with van der Waals surface area (Å²) in [7, 11) is 0. The van der Waals surface area contributed by atoms with Gasteiger partial charge in [-0.25, -0.2) is 4.98 Å². The van der Waals surface area contributed by atoms with E-state index in [1.54, 1.807) is 24.6 Å². The van der Waals surface area contributed by atoms with Crippen LogP contribution in [0.3, 0.4) is 0 Å². The molecule has 0 amide bonds. The molecular formula is C12H13BrN2O2. The van der Waals surface area contributed by atoms with Gasteiger partial charge in [-0.15, -0.1) is 0 Å². The Balaban J connectivity index is 1.98. The van der Waals surface area contributed by atoms with Crippen LogP contribution in [0.4, 0.5) is 5.82 Å². The number of anilines is 1. The number of halogens is 1. The normalized spacial score (nSPS) is 12.4. The van der Waals surface area contributed by atoms with Crippen LogP contribution in [0.5, 0.6) is 0 Å². The number of aliphatic hydroxyl groups excluding tert-OH is 1. The molecule has 0 saturated heterocycles. The molecule has 2 heterocycles. The highest BCUT2D eigenvalue weighted by molar-refractivity contribution is 9.10. The van der Waals surface area contributed by atoms with Gasteiger partial charge in [0.1, 0.15) is 17.7 Å². The van der Waals surface area contributed by atoms with Crippen molar-refractivity contribution in [3.05, 3.63) is 46.5 Å². The molecule has 0 aromatic carbocycles. The second kappa shape index (κ2) is 5.33. The largest absolute Gasteiger partial charge is 0.467 e. The van der Waals surface area contributed by atoms with Gasteiger partial charge in [-0.2, -0.15) is 0 Å². The van der Waals surface area contributed by atoms with Crippen LogP contribution in [-0.4, -0.2) is 16.6 Å². The van der Waals surface area contributed by atoms with Crippen LogP contribution in [0, 0.1) is 6.92 Å². The Morgan fingerprint density at radius 1 is 1.59 bits per heavy atom. The number of hydrogen-bond donors (Lipinski definition) is 2. The van der Waals surface area contributed by atoms with Crippen molar-refractivity contribution in [2.45, 2.75) is 13.0 Å². The molecule has 0 spiro atoms. The molecule has 5 heteroatoms. The number of nitrogens with one attached hydrogen (secondary N) is 1. The Hall–Kier alpha value is -1.33. The molecule has 17 heavy (non-hydrogen) atoms. The second-order valence-corrected chi connectivity index (χ2v) is 4.65. The van der Waals surface area contributed by atoms with E-state index < -0.39 is 6.10 Å². The maximum absolute atomic E-state index is 9.82. The Kier molecular flexibility index (Phi) is 3.81. The first kappa shape index (κ1) is 12.1. The van der Waals surface area contributed by atoms with Crippen molar-refractivity contribution < 1.29 is 9.52 Å². The zero-order valence-corrected chi connectivity index (χ0v) is 10.9. The number of aromatic nitrogens is 1. The zero-order valence-electron chi connectivity index (χ0n) is 9.35. The molecule has 2 rings (SSSR count). The first-order valence-corrected chi connectivity index (χ1v) is 6.03. The number of nitrogens with zero attached hydrogens (tertiary/aromatic N) is 1. The van der Waals surface area contributed by atoms with Gasteiger partial charge in [-0.1, -0.05) is 0 Å². The number of rotatable bonds is 4. The van der Waals surface area contributed by atoms with E-state index in [1.807, 2.05) is 13.0 Å². The quantitative estimate of drug-likeness (QED) is 0.911. The number of pyridine rings is 1. The minimum Gasteiger partial charge on any atom is -0.467 e. The fourth-order valence-electron chi connectivity index (χ4n) is 1.50. The minimum absolute atomic E-state index is 0.364. The van der Waals surface area contributed by atoms with E-state index in [9.17, 15) is 5.11 Å². The smallest absolute Gasteiger partial charge is 0.134 e. The minimum atomic E-state index is -0.671. The van der Waals surface area contributed by atoms with Gasteiger partial charge < -0.3 is 14.8 Å². The summed E-state index contributed by atoms with van der Waals surface area (Å²) in [6.07, 6.45) is 2.59. The Morgan fingerprint density at radius 2 is 2.41 bits per heavy atom. The summed E-state index contributed by atoms with van der Waals surface area (Å²) in [5, 5.41) is 12.9. The lowest BCUT2D eigenvalue weighted by Gasteiger charge is -2.11. The molecule has 0 saturated carbocycles. The highest BCUT2D eigenvalue weighted by atomic mass is 79.9. The van der Waals surface area contributed by atoms with E-state index in [0.717, 1.165) is 15.9 Å². The average molecular weight is 297 g/mol. The van der Waals surface area contributed by atoms with E-state index in [-0.39, 0.29) is 0 Å². The van der Waals surface area contributed by atoms with Gasteiger partial charge in [0.25, 0.3) is 0 Å². The Labute approximate surface area is 108 Å². The first-order valence-electron chi connectivity index (χ1n) is 5.24. The molecule has 90 valence electrons. The summed E-state index contributed by atoms with van der Waals surface area (Å²) < 4.78 is 6.05. The number of furan rings is 1. The van der Waals surface area contributed by atoms with Gasteiger partial charge in [-0.3, -0.25) is 0 Å². The fraction of sp³-hybridized carbons (Fsp3) is 0.250. The molecule has 0 bridgehead atoms. The van der Waals surface area contributed by atoms with Crippen LogP contribution < -0.4 is 5.32 Å². The highest BCUT2D eigenvalue weighted by Gasteiger charge is 2.10. The van der Waals surface area contributed by atoms with E-state index in [0.29, 0.717) is 12.3 Å². The Morgan fingerprint density at radius 3 is 3.06 bits per heavy atom. The summed E-state index contributed by atoms with van der Waals surface area (Å²) in [6, 6.07) is 5.46. The second-order valence-electron chi connectivity index (χ2n) is 3.73. The van der Waals surface area contributed by atoms with E-state index in [4.69, 9.17) is 4.42 Å². The SMILES string of the molecule is Cc1cc(Br)cnc1NC[C@H](O)c1ccco1. The van der Waals surface area contributed by atoms with Crippen LogP contribution in [-0.2, 0) is 0 Å². The maximum Gasteiger partial charge on any atom is 0.134 e. The van der Waals surface area contributed by atoms with Crippen LogP contribution in [0.25, 0.3) is 0 Å². The molecule has 2 N–H and O–H groups in total. The van der Waals surface area contributed by atoms with Crippen molar-refractivity contribution in [2.24, 2.45) is 0 Å². The third-order valence-electron chi connectivity index (χ3n) is 2.38. The number of hydrogen-bond acceptors (Lipinski definition) is 4. The molecule has 0 fully saturated rings. The van der Waals surface area contributed by atoms with Gasteiger partial charge in [0, 0.05) is 17.2 Å². The van der Waals surface area contributed by atoms with Gasteiger partial charge >= 0.3 is 0 Å². The molecule has 4 nitrogen and oxygen atoms in total. The lowest BCUT2D eigenvalue weighted by molar-refractivity contribution is 0.162. The molecular weight excluding hydrogens is 284 g/mol. The fourth-order valence-corrected chi connectivity index (χ4v) is 1.95. The van der Waals surface area contributed by atoms with Crippen molar-refractivity contribution >= 4 is 21.7 Å². The molecule has 0 aliphatic heterocycles. The predicted molar refractivity (Wildman–Crippen MR) is 68.8 cm³/mol. The predicted octanol–water partition coefficient (Wildman–Crippen LogP) is 2.89. The van der Waals surface area contributed by atoms with Crippen molar-refractivity contribution in [2.75, 3.05) is 11.9 Å². The molecule has 1 atom stereocenters. The van der Waals surface area contributed by atoms with Gasteiger partial charge in [0.15, 0.2) is 0 Å². The summed E-state index contributed by atoms with van der Waals surface area (Å²) in [5.41, 5.74) is 1.02. The molecule has 0 radical (unpaired) electrons. The van der Waals surface area contributed by atoms with E-state index in [1.165, 1.54) is 0 Å². The highest BCUT2D eigenvalue weighted by Crippen LogP contribution is 2.18. The first-order chi connectivity index (χ1) is 8.16. The summed E-state index contributed by atoms with van der Waals surface area (Å²) in [6.45, 7) is 2.32. The Bertz CT molecular complexity index is 485. The van der Waals surface area contributed by atoms with E-state index in [2.05, 4.69) is 26.2 Å². The standard InChI is InChI=1S/C12H13BrN2O2/c1-8-5-9(13)6-14-12(8)15-7-10(16)11-3-2-4-17-11/h2-6,10,16H,7H2,1H3,(H,14,15)/t10-/m0/s1. The van der Waals surface area contributed by atoms with Gasteiger partial charge in [0.2, 0.25) is 0 Å². The summed E-state index contributed by atoms with van der Waals surface area (Å²) in [5.74, 6) is 1.31. The number of aliphatic hydroxyl groups is 1. The number of aryl methyl sites for hydroxylation is 1. The molecule has 0 aliphatic carbocycles. The van der Waals surface area contributed by atoms with Crippen molar-refractivity contribution in [1.29, 1.82) is 0 Å². The van der Waals surface area contributed by atoms with Crippen LogP contribution in [0.2, 0.25) is 0 Å². The topological polar surface area (TPSA) is 58.3 Å². The van der Waals surface area contributed by atoms with Crippen molar-refractivity contribution in [1.82, 2.24) is 4.98 Å². The monoisotopic (exact) mass is 296 g/mol. The lowest BCUT2D eigenvalue weighted by atomic mass is 10.2. The van der Waals surface area contributed by atoms with Crippen molar-refractivity contribution in [3.8, 4) is 0 Å². The third-order valence-corrected chi connectivity index (χ3v) is 2.81.